The Labute approximate surface area is 113 Å². The maximum Gasteiger partial charge on any atom is 0.123 e. The zero-order chi connectivity index (χ0) is 13.4. The number of aromatic nitrogens is 2. The molecule has 0 spiro atoms. The fourth-order valence-corrected chi connectivity index (χ4v) is 2.56. The van der Waals surface area contributed by atoms with Crippen LogP contribution < -0.4 is 10.1 Å². The van der Waals surface area contributed by atoms with Gasteiger partial charge in [-0.1, -0.05) is 0 Å². The van der Waals surface area contributed by atoms with Gasteiger partial charge in [-0.3, -0.25) is 0 Å². The molecule has 0 aliphatic carbocycles. The second kappa shape index (κ2) is 4.70. The van der Waals surface area contributed by atoms with Crippen molar-refractivity contribution in [1.82, 2.24) is 14.9 Å². The lowest BCUT2D eigenvalue weighted by Gasteiger charge is -2.03. The van der Waals surface area contributed by atoms with Crippen molar-refractivity contribution in [2.45, 2.75) is 19.9 Å². The Bertz CT molecular complexity index is 616. The minimum atomic E-state index is 0.783. The maximum absolute atomic E-state index is 5.55. The third kappa shape index (κ3) is 2.02. The first-order chi connectivity index (χ1) is 9.20. The van der Waals surface area contributed by atoms with Crippen LogP contribution in [0.2, 0.25) is 0 Å². The predicted molar refractivity (Wildman–Crippen MR) is 75.3 cm³/mol. The SMILES string of the molecule is CNCc1nc(-c2ccc3c(c2)CCO3)c(C)n1C. The minimum absolute atomic E-state index is 0.783. The van der Waals surface area contributed by atoms with Gasteiger partial charge in [-0.25, -0.2) is 4.98 Å². The summed E-state index contributed by atoms with van der Waals surface area (Å²) in [5.74, 6) is 2.08. The Morgan fingerprint density at radius 2 is 2.26 bits per heavy atom. The number of fused-ring (bicyclic) bond motifs is 1. The summed E-state index contributed by atoms with van der Waals surface area (Å²) in [5, 5.41) is 3.16. The average molecular weight is 257 g/mol. The fraction of sp³-hybridized carbons (Fsp3) is 0.400. The van der Waals surface area contributed by atoms with Gasteiger partial charge in [0, 0.05) is 24.7 Å². The Morgan fingerprint density at radius 3 is 3.05 bits per heavy atom. The van der Waals surface area contributed by atoms with Crippen molar-refractivity contribution in [3.63, 3.8) is 0 Å². The topological polar surface area (TPSA) is 39.1 Å². The molecule has 1 aliphatic rings. The van der Waals surface area contributed by atoms with E-state index in [4.69, 9.17) is 9.72 Å². The normalized spacial score (nSPS) is 13.4. The molecule has 2 aromatic rings. The molecule has 4 nitrogen and oxygen atoms in total. The lowest BCUT2D eigenvalue weighted by atomic mass is 10.1. The van der Waals surface area contributed by atoms with Gasteiger partial charge in [0.05, 0.1) is 18.8 Å². The number of nitrogens with zero attached hydrogens (tertiary/aromatic N) is 2. The van der Waals surface area contributed by atoms with Crippen LogP contribution in [-0.2, 0) is 20.0 Å². The Morgan fingerprint density at radius 1 is 1.42 bits per heavy atom. The number of imidazole rings is 1. The second-order valence-electron chi connectivity index (χ2n) is 4.97. The molecule has 0 saturated carbocycles. The van der Waals surface area contributed by atoms with E-state index in [0.29, 0.717) is 0 Å². The van der Waals surface area contributed by atoms with E-state index >= 15 is 0 Å². The summed E-state index contributed by atoms with van der Waals surface area (Å²) in [6, 6.07) is 6.37. The van der Waals surface area contributed by atoms with Crippen molar-refractivity contribution in [2.75, 3.05) is 13.7 Å². The summed E-state index contributed by atoms with van der Waals surface area (Å²) >= 11 is 0. The lowest BCUT2D eigenvalue weighted by Crippen LogP contribution is -2.10. The highest BCUT2D eigenvalue weighted by Crippen LogP contribution is 2.31. The first-order valence-electron chi connectivity index (χ1n) is 6.63. The molecular formula is C15H19N3O. The Kier molecular flexibility index (Phi) is 3.03. The molecule has 1 aromatic heterocycles. The fourth-order valence-electron chi connectivity index (χ4n) is 2.56. The first kappa shape index (κ1) is 12.2. The minimum Gasteiger partial charge on any atom is -0.493 e. The average Bonchev–Trinajstić information content (AvgIpc) is 2.98. The van der Waals surface area contributed by atoms with Crippen molar-refractivity contribution in [3.05, 3.63) is 35.3 Å². The standard InChI is InChI=1S/C15H19N3O/c1-10-15(17-14(9-16-2)18(10)3)12-4-5-13-11(8-12)6-7-19-13/h4-5,8,16H,6-7,9H2,1-3H3. The van der Waals surface area contributed by atoms with Crippen LogP contribution in [-0.4, -0.2) is 23.2 Å². The van der Waals surface area contributed by atoms with Crippen LogP contribution in [0.5, 0.6) is 5.75 Å². The maximum atomic E-state index is 5.55. The molecule has 2 heterocycles. The molecule has 0 unspecified atom stereocenters. The van der Waals surface area contributed by atoms with Gasteiger partial charge in [-0.05, 0) is 37.7 Å². The number of rotatable bonds is 3. The molecule has 0 fully saturated rings. The molecule has 0 bridgehead atoms. The van der Waals surface area contributed by atoms with E-state index in [2.05, 4.69) is 42.1 Å². The van der Waals surface area contributed by atoms with Crippen LogP contribution in [0.1, 0.15) is 17.1 Å². The Hall–Kier alpha value is -1.81. The van der Waals surface area contributed by atoms with Crippen molar-refractivity contribution in [2.24, 2.45) is 7.05 Å². The highest BCUT2D eigenvalue weighted by Gasteiger charge is 2.16. The van der Waals surface area contributed by atoms with Crippen molar-refractivity contribution in [3.8, 4) is 17.0 Å². The smallest absolute Gasteiger partial charge is 0.123 e. The summed E-state index contributed by atoms with van der Waals surface area (Å²) in [6.45, 7) is 3.70. The summed E-state index contributed by atoms with van der Waals surface area (Å²) in [7, 11) is 4.01. The third-order valence-corrected chi connectivity index (χ3v) is 3.77. The van der Waals surface area contributed by atoms with E-state index in [1.54, 1.807) is 0 Å². The Balaban J connectivity index is 2.04. The highest BCUT2D eigenvalue weighted by atomic mass is 16.5. The molecule has 0 atom stereocenters. The number of benzene rings is 1. The van der Waals surface area contributed by atoms with Crippen LogP contribution in [0.15, 0.2) is 18.2 Å². The second-order valence-corrected chi connectivity index (χ2v) is 4.97. The van der Waals surface area contributed by atoms with E-state index in [0.717, 1.165) is 36.8 Å². The molecule has 19 heavy (non-hydrogen) atoms. The van der Waals surface area contributed by atoms with Crippen LogP contribution >= 0.6 is 0 Å². The number of hydrogen-bond acceptors (Lipinski definition) is 3. The van der Waals surface area contributed by atoms with E-state index in [1.165, 1.54) is 16.8 Å². The van der Waals surface area contributed by atoms with Crippen LogP contribution in [0.4, 0.5) is 0 Å². The number of ether oxygens (including phenoxy) is 1. The summed E-state index contributed by atoms with van der Waals surface area (Å²) in [6.07, 6.45) is 0.998. The van der Waals surface area contributed by atoms with Gasteiger partial charge < -0.3 is 14.6 Å². The van der Waals surface area contributed by atoms with Gasteiger partial charge in [-0.15, -0.1) is 0 Å². The largest absolute Gasteiger partial charge is 0.493 e. The van der Waals surface area contributed by atoms with E-state index in [1.807, 2.05) is 7.05 Å². The van der Waals surface area contributed by atoms with Crippen molar-refractivity contribution >= 4 is 0 Å². The molecule has 100 valence electrons. The summed E-state index contributed by atoms with van der Waals surface area (Å²) in [4.78, 5) is 4.75. The molecule has 0 saturated heterocycles. The van der Waals surface area contributed by atoms with Gasteiger partial charge >= 0.3 is 0 Å². The van der Waals surface area contributed by atoms with Gasteiger partial charge in [0.15, 0.2) is 0 Å². The molecule has 3 rings (SSSR count). The van der Waals surface area contributed by atoms with Crippen LogP contribution in [0, 0.1) is 6.92 Å². The quantitative estimate of drug-likeness (QED) is 0.914. The number of hydrogen-bond donors (Lipinski definition) is 1. The van der Waals surface area contributed by atoms with Gasteiger partial charge in [0.2, 0.25) is 0 Å². The van der Waals surface area contributed by atoms with Crippen LogP contribution in [0.25, 0.3) is 11.3 Å². The molecule has 1 aliphatic heterocycles. The lowest BCUT2D eigenvalue weighted by molar-refractivity contribution is 0.357. The molecule has 0 amide bonds. The zero-order valence-electron chi connectivity index (χ0n) is 11.7. The predicted octanol–water partition coefficient (Wildman–Crippen LogP) is 2.05. The summed E-state index contributed by atoms with van der Waals surface area (Å²) in [5.41, 5.74) is 4.74. The van der Waals surface area contributed by atoms with Gasteiger partial charge in [-0.2, -0.15) is 0 Å². The highest BCUT2D eigenvalue weighted by molar-refractivity contribution is 5.65. The van der Waals surface area contributed by atoms with Crippen molar-refractivity contribution in [1.29, 1.82) is 0 Å². The third-order valence-electron chi connectivity index (χ3n) is 3.77. The monoisotopic (exact) mass is 257 g/mol. The van der Waals surface area contributed by atoms with Gasteiger partial charge in [0.1, 0.15) is 11.6 Å². The molecule has 1 N–H and O–H groups in total. The molecule has 4 heteroatoms. The van der Waals surface area contributed by atoms with E-state index < -0.39 is 0 Å². The van der Waals surface area contributed by atoms with Crippen LogP contribution in [0.3, 0.4) is 0 Å². The molecular weight excluding hydrogens is 238 g/mol. The van der Waals surface area contributed by atoms with E-state index in [-0.39, 0.29) is 0 Å². The van der Waals surface area contributed by atoms with Crippen molar-refractivity contribution < 1.29 is 4.74 Å². The zero-order valence-corrected chi connectivity index (χ0v) is 11.7. The van der Waals surface area contributed by atoms with Gasteiger partial charge in [0.25, 0.3) is 0 Å². The number of nitrogens with one attached hydrogen (secondary N) is 1. The van der Waals surface area contributed by atoms with E-state index in [9.17, 15) is 0 Å². The first-order valence-corrected chi connectivity index (χ1v) is 6.63. The molecule has 0 radical (unpaired) electrons. The summed E-state index contributed by atoms with van der Waals surface area (Å²) < 4.78 is 7.70. The molecule has 1 aromatic carbocycles.